The molecule has 90 valence electrons. The summed E-state index contributed by atoms with van der Waals surface area (Å²) in [7, 11) is -3.49. The second kappa shape index (κ2) is 4.50. The van der Waals surface area contributed by atoms with E-state index in [2.05, 4.69) is 9.71 Å². The Bertz CT molecular complexity index is 656. The molecule has 0 atom stereocenters. The predicted octanol–water partition coefficient (Wildman–Crippen LogP) is 2.48. The van der Waals surface area contributed by atoms with Crippen LogP contribution in [0.25, 0.3) is 10.9 Å². The summed E-state index contributed by atoms with van der Waals surface area (Å²) in [6.45, 7) is 1.93. The van der Waals surface area contributed by atoms with Crippen molar-refractivity contribution < 1.29 is 8.42 Å². The number of aromatic nitrogens is 1. The Hall–Kier alpha value is -1.33. The zero-order chi connectivity index (χ0) is 12.5. The second-order valence-corrected chi connectivity index (χ2v) is 5.96. The highest BCUT2D eigenvalue weighted by atomic mass is 35.5. The highest BCUT2D eigenvalue weighted by molar-refractivity contribution is 7.93. The molecule has 0 amide bonds. The fraction of sp³-hybridized carbons (Fsp3) is 0.182. The van der Waals surface area contributed by atoms with Gasteiger partial charge in [0, 0.05) is 11.6 Å². The van der Waals surface area contributed by atoms with Gasteiger partial charge in [0.25, 0.3) is 0 Å². The molecule has 0 unspecified atom stereocenters. The number of rotatable bonds is 3. The molecule has 0 fully saturated rings. The minimum absolute atomic E-state index is 0.470. The maximum atomic E-state index is 11.4. The van der Waals surface area contributed by atoms with Gasteiger partial charge in [-0.15, -0.1) is 11.6 Å². The van der Waals surface area contributed by atoms with Crippen molar-refractivity contribution >= 4 is 38.2 Å². The molecular formula is C11H11ClN2O2S. The van der Waals surface area contributed by atoms with Gasteiger partial charge >= 0.3 is 0 Å². The summed E-state index contributed by atoms with van der Waals surface area (Å²) in [5.74, 6) is 0. The number of nitrogens with one attached hydrogen (secondary N) is 1. The van der Waals surface area contributed by atoms with Crippen LogP contribution in [0.5, 0.6) is 0 Å². The summed E-state index contributed by atoms with van der Waals surface area (Å²) in [5, 5.41) is 0.295. The number of sulfonamides is 1. The van der Waals surface area contributed by atoms with Gasteiger partial charge in [0.1, 0.15) is 5.21 Å². The van der Waals surface area contributed by atoms with Gasteiger partial charge < -0.3 is 0 Å². The van der Waals surface area contributed by atoms with Gasteiger partial charge in [-0.1, -0.05) is 6.07 Å². The van der Waals surface area contributed by atoms with Crippen LogP contribution in [0.3, 0.4) is 0 Å². The number of anilines is 1. The molecule has 1 aromatic heterocycles. The van der Waals surface area contributed by atoms with Crippen molar-refractivity contribution in [3.63, 3.8) is 0 Å². The van der Waals surface area contributed by atoms with Crippen molar-refractivity contribution in [2.45, 2.75) is 6.92 Å². The first-order valence-corrected chi connectivity index (χ1v) is 7.13. The van der Waals surface area contributed by atoms with E-state index in [-0.39, 0.29) is 0 Å². The molecule has 0 spiro atoms. The summed E-state index contributed by atoms with van der Waals surface area (Å²) < 4.78 is 25.3. The van der Waals surface area contributed by atoms with Crippen molar-refractivity contribution in [2.24, 2.45) is 0 Å². The van der Waals surface area contributed by atoms with E-state index in [1.54, 1.807) is 18.3 Å². The van der Waals surface area contributed by atoms with Gasteiger partial charge in [-0.2, -0.15) is 0 Å². The highest BCUT2D eigenvalue weighted by Crippen LogP contribution is 2.25. The van der Waals surface area contributed by atoms with Gasteiger partial charge in [0.15, 0.2) is 0 Å². The van der Waals surface area contributed by atoms with Gasteiger partial charge in [0.05, 0.1) is 11.2 Å². The van der Waals surface area contributed by atoms with Crippen LogP contribution in [0.15, 0.2) is 30.5 Å². The minimum atomic E-state index is -3.49. The van der Waals surface area contributed by atoms with Gasteiger partial charge in [-0.25, -0.2) is 8.42 Å². The average molecular weight is 271 g/mol. The lowest BCUT2D eigenvalue weighted by Crippen LogP contribution is -2.13. The molecule has 4 nitrogen and oxygen atoms in total. The summed E-state index contributed by atoms with van der Waals surface area (Å²) in [4.78, 5) is 4.23. The van der Waals surface area contributed by atoms with Crippen molar-refractivity contribution in [2.75, 3.05) is 9.93 Å². The molecule has 1 N–H and O–H groups in total. The largest absolute Gasteiger partial charge is 0.282 e. The van der Waals surface area contributed by atoms with Gasteiger partial charge in [-0.3, -0.25) is 9.71 Å². The molecule has 17 heavy (non-hydrogen) atoms. The molecule has 0 saturated carbocycles. The van der Waals surface area contributed by atoms with E-state index in [1.165, 1.54) is 0 Å². The van der Waals surface area contributed by atoms with Crippen molar-refractivity contribution in [3.05, 3.63) is 36.0 Å². The number of halogens is 1. The first-order chi connectivity index (χ1) is 8.03. The topological polar surface area (TPSA) is 59.1 Å². The fourth-order valence-electron chi connectivity index (χ4n) is 1.60. The van der Waals surface area contributed by atoms with E-state index >= 15 is 0 Å². The summed E-state index contributed by atoms with van der Waals surface area (Å²) >= 11 is 5.36. The van der Waals surface area contributed by atoms with E-state index in [0.29, 0.717) is 5.69 Å². The first kappa shape index (κ1) is 12.1. The van der Waals surface area contributed by atoms with Crippen molar-refractivity contribution in [1.29, 1.82) is 0 Å². The number of fused-ring (bicyclic) bond motifs is 1. The SMILES string of the molecule is Cc1ccc(NS(=O)(=O)CCl)c2cccnc12. The van der Waals surface area contributed by atoms with Crippen molar-refractivity contribution in [1.82, 2.24) is 4.98 Å². The summed E-state index contributed by atoms with van der Waals surface area (Å²) in [6.07, 6.45) is 1.68. The molecule has 1 aromatic carbocycles. The minimum Gasteiger partial charge on any atom is -0.282 e. The summed E-state index contributed by atoms with van der Waals surface area (Å²) in [6, 6.07) is 7.12. The smallest absolute Gasteiger partial charge is 0.246 e. The number of aryl methyl sites for hydroxylation is 1. The van der Waals surface area contributed by atoms with Gasteiger partial charge in [-0.05, 0) is 30.7 Å². The second-order valence-electron chi connectivity index (χ2n) is 3.66. The van der Waals surface area contributed by atoms with Crippen LogP contribution >= 0.6 is 11.6 Å². The Morgan fingerprint density at radius 3 is 2.82 bits per heavy atom. The highest BCUT2D eigenvalue weighted by Gasteiger charge is 2.11. The quantitative estimate of drug-likeness (QED) is 0.872. The van der Waals surface area contributed by atoms with Crippen LogP contribution in [0.4, 0.5) is 5.69 Å². The Labute approximate surface area is 105 Å². The molecule has 0 aliphatic heterocycles. The van der Waals surface area contributed by atoms with Crippen LogP contribution in [0, 0.1) is 6.92 Å². The summed E-state index contributed by atoms with van der Waals surface area (Å²) in [5.41, 5.74) is 2.27. The fourth-order valence-corrected chi connectivity index (χ4v) is 2.33. The van der Waals surface area contributed by atoms with Crippen molar-refractivity contribution in [3.8, 4) is 0 Å². The van der Waals surface area contributed by atoms with Crippen LogP contribution in [-0.4, -0.2) is 18.6 Å². The van der Waals surface area contributed by atoms with E-state index in [1.807, 2.05) is 19.1 Å². The number of nitrogens with zero attached hydrogens (tertiary/aromatic N) is 1. The van der Waals surface area contributed by atoms with Crippen LogP contribution in [0.2, 0.25) is 0 Å². The number of benzene rings is 1. The monoisotopic (exact) mass is 270 g/mol. The number of alkyl halides is 1. The lowest BCUT2D eigenvalue weighted by atomic mass is 10.1. The number of hydrogen-bond donors (Lipinski definition) is 1. The zero-order valence-electron chi connectivity index (χ0n) is 9.14. The molecule has 0 saturated heterocycles. The van der Waals surface area contributed by atoms with Crippen LogP contribution in [-0.2, 0) is 10.0 Å². The van der Waals surface area contributed by atoms with Gasteiger partial charge in [0.2, 0.25) is 10.0 Å². The lowest BCUT2D eigenvalue weighted by molar-refractivity contribution is 0.605. The standard InChI is InChI=1S/C11H11ClN2O2S/c1-8-4-5-10(14-17(15,16)7-12)9-3-2-6-13-11(8)9/h2-6,14H,7H2,1H3. The predicted molar refractivity (Wildman–Crippen MR) is 69.7 cm³/mol. The van der Waals surface area contributed by atoms with E-state index < -0.39 is 15.2 Å². The Morgan fingerprint density at radius 1 is 1.35 bits per heavy atom. The third-order valence-corrected chi connectivity index (χ3v) is 4.06. The van der Waals surface area contributed by atoms with E-state index in [0.717, 1.165) is 16.5 Å². The first-order valence-electron chi connectivity index (χ1n) is 4.94. The normalized spacial score (nSPS) is 11.6. The van der Waals surface area contributed by atoms with E-state index in [9.17, 15) is 8.42 Å². The third kappa shape index (κ3) is 2.50. The lowest BCUT2D eigenvalue weighted by Gasteiger charge is -2.09. The maximum absolute atomic E-state index is 11.4. The molecule has 2 aromatic rings. The molecule has 0 bridgehead atoms. The molecule has 1 heterocycles. The third-order valence-electron chi connectivity index (χ3n) is 2.38. The Morgan fingerprint density at radius 2 is 2.12 bits per heavy atom. The molecule has 0 aliphatic rings. The Kier molecular flexibility index (Phi) is 3.22. The molecule has 0 aliphatic carbocycles. The van der Waals surface area contributed by atoms with Crippen LogP contribution in [0.1, 0.15) is 5.56 Å². The maximum Gasteiger partial charge on any atom is 0.246 e. The number of hydrogen-bond acceptors (Lipinski definition) is 3. The molecular weight excluding hydrogens is 260 g/mol. The zero-order valence-corrected chi connectivity index (χ0v) is 10.7. The average Bonchev–Trinajstić information content (AvgIpc) is 2.33. The molecule has 6 heteroatoms. The molecule has 0 radical (unpaired) electrons. The number of pyridine rings is 1. The molecule has 2 rings (SSSR count). The Balaban J connectivity index is 2.60. The van der Waals surface area contributed by atoms with E-state index in [4.69, 9.17) is 11.6 Å². The van der Waals surface area contributed by atoms with Crippen LogP contribution < -0.4 is 4.72 Å².